The Morgan fingerprint density at radius 3 is 2.75 bits per heavy atom. The van der Waals surface area contributed by atoms with Gasteiger partial charge in [0, 0.05) is 17.7 Å². The topological polar surface area (TPSA) is 29.3 Å². The number of piperidine rings is 1. The molecule has 0 amide bonds. The van der Waals surface area contributed by atoms with Crippen molar-refractivity contribution >= 4 is 0 Å². The van der Waals surface area contributed by atoms with E-state index in [9.17, 15) is 8.78 Å². The fourth-order valence-electron chi connectivity index (χ4n) is 2.41. The maximum Gasteiger partial charge on any atom is 0.130 e. The number of benzene rings is 1. The fraction of sp³-hybridized carbons (Fsp3) is 0.500. The molecule has 1 saturated heterocycles. The quantitative estimate of drug-likeness (QED) is 0.794. The molecule has 2 unspecified atom stereocenters. The molecule has 2 rings (SSSR count). The second-order valence-corrected chi connectivity index (χ2v) is 4.40. The Balaban J connectivity index is 2.34. The first-order valence-corrected chi connectivity index (χ1v) is 5.50. The Hall–Kier alpha value is -1.00. The Kier molecular flexibility index (Phi) is 3.21. The Morgan fingerprint density at radius 2 is 2.12 bits per heavy atom. The molecule has 0 saturated carbocycles. The highest BCUT2D eigenvalue weighted by Crippen LogP contribution is 2.30. The van der Waals surface area contributed by atoms with Gasteiger partial charge in [0.2, 0.25) is 0 Å². The molecule has 1 aliphatic rings. The lowest BCUT2D eigenvalue weighted by atomic mass is 9.91. The maximum atomic E-state index is 13.7. The lowest BCUT2D eigenvalue weighted by Gasteiger charge is -2.37. The van der Waals surface area contributed by atoms with E-state index in [1.54, 1.807) is 0 Å². The molecule has 16 heavy (non-hydrogen) atoms. The lowest BCUT2D eigenvalue weighted by Crippen LogP contribution is -2.44. The molecule has 2 N–H and O–H groups in total. The van der Waals surface area contributed by atoms with E-state index < -0.39 is 11.6 Å². The van der Waals surface area contributed by atoms with Gasteiger partial charge in [-0.3, -0.25) is 4.90 Å². The van der Waals surface area contributed by atoms with Crippen molar-refractivity contribution in [3.63, 3.8) is 0 Å². The number of hydrogen-bond donors (Lipinski definition) is 1. The molecule has 1 aliphatic heterocycles. The predicted molar refractivity (Wildman–Crippen MR) is 58.9 cm³/mol. The van der Waals surface area contributed by atoms with Gasteiger partial charge in [0.15, 0.2) is 0 Å². The van der Waals surface area contributed by atoms with Crippen molar-refractivity contribution in [1.29, 1.82) is 0 Å². The van der Waals surface area contributed by atoms with E-state index in [1.807, 2.05) is 11.9 Å². The minimum absolute atomic E-state index is 0.0845. The van der Waals surface area contributed by atoms with Crippen LogP contribution in [-0.4, -0.2) is 24.5 Å². The molecule has 88 valence electrons. The molecule has 0 spiro atoms. The van der Waals surface area contributed by atoms with E-state index in [1.165, 1.54) is 12.1 Å². The summed E-state index contributed by atoms with van der Waals surface area (Å²) in [5.74, 6) is -1.05. The minimum atomic E-state index is -0.548. The Labute approximate surface area is 94.0 Å². The van der Waals surface area contributed by atoms with E-state index in [4.69, 9.17) is 5.73 Å². The standard InChI is InChI=1S/C12H16F2N2/c1-16-6-2-3-11(15)12(16)9-5-4-8(13)7-10(9)14/h4-5,7,11-12H,2-3,6,15H2,1H3. The normalized spacial score (nSPS) is 27.0. The largest absolute Gasteiger partial charge is 0.326 e. The summed E-state index contributed by atoms with van der Waals surface area (Å²) in [6.45, 7) is 0.898. The molecule has 1 aromatic rings. The first-order chi connectivity index (χ1) is 7.59. The van der Waals surface area contributed by atoms with Crippen LogP contribution in [0.3, 0.4) is 0 Å². The molecule has 1 fully saturated rings. The molecule has 1 heterocycles. The van der Waals surface area contributed by atoms with Gasteiger partial charge >= 0.3 is 0 Å². The van der Waals surface area contributed by atoms with E-state index in [0.29, 0.717) is 5.56 Å². The van der Waals surface area contributed by atoms with Gasteiger partial charge in [-0.05, 0) is 32.5 Å². The fourth-order valence-corrected chi connectivity index (χ4v) is 2.41. The van der Waals surface area contributed by atoms with Gasteiger partial charge in [0.1, 0.15) is 11.6 Å². The molecule has 0 aliphatic carbocycles. The number of rotatable bonds is 1. The van der Waals surface area contributed by atoms with Gasteiger partial charge in [0.25, 0.3) is 0 Å². The van der Waals surface area contributed by atoms with Crippen LogP contribution >= 0.6 is 0 Å². The first kappa shape index (κ1) is 11.5. The molecule has 2 nitrogen and oxygen atoms in total. The molecule has 0 radical (unpaired) electrons. The van der Waals surface area contributed by atoms with Gasteiger partial charge < -0.3 is 5.73 Å². The summed E-state index contributed by atoms with van der Waals surface area (Å²) in [5.41, 5.74) is 6.50. The second kappa shape index (κ2) is 4.47. The van der Waals surface area contributed by atoms with E-state index in [-0.39, 0.29) is 12.1 Å². The molecule has 0 bridgehead atoms. The van der Waals surface area contributed by atoms with Gasteiger partial charge in [0.05, 0.1) is 6.04 Å². The van der Waals surface area contributed by atoms with E-state index in [0.717, 1.165) is 25.5 Å². The summed E-state index contributed by atoms with van der Waals surface area (Å²) < 4.78 is 26.5. The second-order valence-electron chi connectivity index (χ2n) is 4.40. The summed E-state index contributed by atoms with van der Waals surface area (Å²) in [6, 6.07) is 3.47. The number of nitrogens with two attached hydrogens (primary N) is 1. The van der Waals surface area contributed by atoms with Crippen LogP contribution in [0.4, 0.5) is 8.78 Å². The van der Waals surface area contributed by atoms with Crippen LogP contribution in [0.2, 0.25) is 0 Å². The smallest absolute Gasteiger partial charge is 0.130 e. The molecule has 4 heteroatoms. The summed E-state index contributed by atoms with van der Waals surface area (Å²) in [4.78, 5) is 2.03. The predicted octanol–water partition coefficient (Wildman–Crippen LogP) is 2.06. The zero-order chi connectivity index (χ0) is 11.7. The van der Waals surface area contributed by atoms with Crippen molar-refractivity contribution in [2.75, 3.05) is 13.6 Å². The molecule has 2 atom stereocenters. The maximum absolute atomic E-state index is 13.7. The monoisotopic (exact) mass is 226 g/mol. The highest BCUT2D eigenvalue weighted by Gasteiger charge is 2.29. The Morgan fingerprint density at radius 1 is 1.38 bits per heavy atom. The lowest BCUT2D eigenvalue weighted by molar-refractivity contribution is 0.159. The minimum Gasteiger partial charge on any atom is -0.326 e. The van der Waals surface area contributed by atoms with Gasteiger partial charge in [-0.1, -0.05) is 6.07 Å². The first-order valence-electron chi connectivity index (χ1n) is 5.50. The number of halogens is 2. The van der Waals surface area contributed by atoms with Gasteiger partial charge in [-0.15, -0.1) is 0 Å². The number of likely N-dealkylation sites (N-methyl/N-ethyl adjacent to an activating group) is 1. The molecule has 0 aromatic heterocycles. The van der Waals surface area contributed by atoms with Crippen molar-refractivity contribution < 1.29 is 8.78 Å². The molecular formula is C12H16F2N2. The van der Waals surface area contributed by atoms with Gasteiger partial charge in [-0.2, -0.15) is 0 Å². The summed E-state index contributed by atoms with van der Waals surface area (Å²) in [5, 5.41) is 0. The third-order valence-corrected chi connectivity index (χ3v) is 3.21. The zero-order valence-electron chi connectivity index (χ0n) is 9.29. The Bertz CT molecular complexity index is 371. The van der Waals surface area contributed by atoms with Crippen LogP contribution in [-0.2, 0) is 0 Å². The molecule has 1 aromatic carbocycles. The van der Waals surface area contributed by atoms with Crippen LogP contribution in [0.25, 0.3) is 0 Å². The highest BCUT2D eigenvalue weighted by atomic mass is 19.1. The van der Waals surface area contributed by atoms with Crippen molar-refractivity contribution in [2.24, 2.45) is 5.73 Å². The van der Waals surface area contributed by atoms with Crippen LogP contribution in [0.5, 0.6) is 0 Å². The van der Waals surface area contributed by atoms with Crippen molar-refractivity contribution in [2.45, 2.75) is 24.9 Å². The summed E-state index contributed by atoms with van der Waals surface area (Å²) in [6.07, 6.45) is 1.91. The number of nitrogens with zero attached hydrogens (tertiary/aromatic N) is 1. The third kappa shape index (κ3) is 2.08. The summed E-state index contributed by atoms with van der Waals surface area (Å²) in [7, 11) is 1.92. The van der Waals surface area contributed by atoms with E-state index >= 15 is 0 Å². The zero-order valence-corrected chi connectivity index (χ0v) is 9.29. The third-order valence-electron chi connectivity index (χ3n) is 3.21. The summed E-state index contributed by atoms with van der Waals surface area (Å²) >= 11 is 0. The highest BCUT2D eigenvalue weighted by molar-refractivity contribution is 5.24. The van der Waals surface area contributed by atoms with Crippen LogP contribution < -0.4 is 5.73 Å². The van der Waals surface area contributed by atoms with Crippen LogP contribution in [0.15, 0.2) is 18.2 Å². The van der Waals surface area contributed by atoms with Crippen LogP contribution in [0, 0.1) is 11.6 Å². The van der Waals surface area contributed by atoms with Crippen molar-refractivity contribution in [3.05, 3.63) is 35.4 Å². The van der Waals surface area contributed by atoms with Crippen molar-refractivity contribution in [3.8, 4) is 0 Å². The van der Waals surface area contributed by atoms with Crippen LogP contribution in [0.1, 0.15) is 24.4 Å². The van der Waals surface area contributed by atoms with Gasteiger partial charge in [-0.25, -0.2) is 8.78 Å². The SMILES string of the molecule is CN1CCCC(N)C1c1ccc(F)cc1F. The average molecular weight is 226 g/mol. The number of likely N-dealkylation sites (tertiary alicyclic amines) is 1. The van der Waals surface area contributed by atoms with E-state index in [2.05, 4.69) is 0 Å². The van der Waals surface area contributed by atoms with Crippen molar-refractivity contribution in [1.82, 2.24) is 4.90 Å². The average Bonchev–Trinajstić information content (AvgIpc) is 2.20. The number of hydrogen-bond acceptors (Lipinski definition) is 2. The molecular weight excluding hydrogens is 210 g/mol.